The van der Waals surface area contributed by atoms with Gasteiger partial charge in [-0.3, -0.25) is 0 Å². The molecule has 0 amide bonds. The van der Waals surface area contributed by atoms with Gasteiger partial charge in [-0.25, -0.2) is 0 Å². The van der Waals surface area contributed by atoms with Gasteiger partial charge in [-0.2, -0.15) is 0 Å². The second-order valence-corrected chi connectivity index (χ2v) is 16.0. The fourth-order valence-corrected chi connectivity index (χ4v) is 9.88. The molecule has 2 aromatic carbocycles. The summed E-state index contributed by atoms with van der Waals surface area (Å²) < 4.78 is 15.0. The molecule has 46 heavy (non-hydrogen) atoms. The van der Waals surface area contributed by atoms with E-state index < -0.39 is 0 Å². The van der Waals surface area contributed by atoms with Crippen LogP contribution in [0.4, 0.5) is 0 Å². The van der Waals surface area contributed by atoms with Gasteiger partial charge >= 0.3 is 255 Å². The number of benzene rings is 2. The number of aromatic nitrogens is 2. The van der Waals surface area contributed by atoms with E-state index in [-0.39, 0.29) is 19.9 Å². The first-order valence-corrected chi connectivity index (χ1v) is 20.5. The van der Waals surface area contributed by atoms with Gasteiger partial charge in [0.15, 0.2) is 0 Å². The molecule has 1 aliphatic rings. The van der Waals surface area contributed by atoms with Crippen LogP contribution in [0.25, 0.3) is 16.8 Å². The predicted molar refractivity (Wildman–Crippen MR) is 192 cm³/mol. The third-order valence-corrected chi connectivity index (χ3v) is 12.9. The summed E-state index contributed by atoms with van der Waals surface area (Å²) in [6.45, 7) is 6.00. The second kappa shape index (κ2) is 16.1. The monoisotopic (exact) mass is 744 g/mol. The fourth-order valence-electron chi connectivity index (χ4n) is 6.26. The van der Waals surface area contributed by atoms with Crippen molar-refractivity contribution in [3.8, 4) is 22.8 Å². The molecule has 1 aliphatic carbocycles. The van der Waals surface area contributed by atoms with Crippen LogP contribution in [0, 0.1) is 0 Å². The first-order valence-electron chi connectivity index (χ1n) is 16.9. The van der Waals surface area contributed by atoms with Crippen molar-refractivity contribution >= 4 is 34.6 Å². The standard InChI is InChI=1S/C40H44N2O2Se2/c1-3-5-7-9-25-43-32-19-15-30(16-20-32)35-29-41-39-38(42-35)34(36-13-11-27-45-36)23-24-40(39,37-14-12-28-46-37)31-17-21-33(22-18-31)44-26-10-8-6-4-2/h11-23,27-29H,3-10,24-26H2,1-2H3. The van der Waals surface area contributed by atoms with Gasteiger partial charge in [0.1, 0.15) is 0 Å². The number of fused-ring (bicyclic) bond motifs is 1. The predicted octanol–water partition coefficient (Wildman–Crippen LogP) is 9.35. The van der Waals surface area contributed by atoms with E-state index in [0.29, 0.717) is 14.5 Å². The molecule has 6 rings (SSSR count). The van der Waals surface area contributed by atoms with E-state index in [2.05, 4.69) is 103 Å². The minimum absolute atomic E-state index is 0.252. The summed E-state index contributed by atoms with van der Waals surface area (Å²) in [6.07, 6.45) is 14.9. The Morgan fingerprint density at radius 1 is 0.717 bits per heavy atom. The van der Waals surface area contributed by atoms with Gasteiger partial charge in [0, 0.05) is 0 Å². The summed E-state index contributed by atoms with van der Waals surface area (Å²) in [5.41, 5.74) is 6.16. The average Bonchev–Trinajstić information content (AvgIpc) is 3.84. The molecule has 0 spiro atoms. The SMILES string of the molecule is CCCCCCOc1ccc(-c2cnc3c(n2)C(c2ccc[se]2)=CCC3(c2ccc(OCCCCCC)cc2)c2ccc[se]2)cc1. The van der Waals surface area contributed by atoms with E-state index in [9.17, 15) is 0 Å². The number of hydrogen-bond acceptors (Lipinski definition) is 4. The molecule has 6 heteroatoms. The van der Waals surface area contributed by atoms with Crippen LogP contribution in [-0.4, -0.2) is 52.2 Å². The fraction of sp³-hybridized carbons (Fsp3) is 0.350. The van der Waals surface area contributed by atoms with Gasteiger partial charge in [-0.1, -0.05) is 33.1 Å². The molecule has 0 fully saturated rings. The molecule has 4 nitrogen and oxygen atoms in total. The number of unbranched alkanes of at least 4 members (excludes halogenated alkanes) is 6. The summed E-state index contributed by atoms with van der Waals surface area (Å²) >= 11 is 0.549. The van der Waals surface area contributed by atoms with Crippen molar-refractivity contribution in [2.75, 3.05) is 13.2 Å². The Bertz CT molecular complexity index is 1680. The van der Waals surface area contributed by atoms with Crippen molar-refractivity contribution in [1.29, 1.82) is 0 Å². The minimum atomic E-state index is -0.359. The molecule has 238 valence electrons. The molecule has 0 N–H and O–H groups in total. The van der Waals surface area contributed by atoms with Gasteiger partial charge < -0.3 is 0 Å². The Morgan fingerprint density at radius 3 is 1.98 bits per heavy atom. The Labute approximate surface area is 286 Å². The molecule has 3 aromatic heterocycles. The van der Waals surface area contributed by atoms with Gasteiger partial charge in [-0.15, -0.1) is 0 Å². The van der Waals surface area contributed by atoms with Crippen LogP contribution in [0.1, 0.15) is 97.5 Å². The van der Waals surface area contributed by atoms with Crippen molar-refractivity contribution in [3.63, 3.8) is 0 Å². The molecule has 0 radical (unpaired) electrons. The maximum atomic E-state index is 6.13. The number of nitrogens with zero attached hydrogens (tertiary/aromatic N) is 2. The van der Waals surface area contributed by atoms with Crippen LogP contribution in [0.3, 0.4) is 0 Å². The Kier molecular flexibility index (Phi) is 11.5. The van der Waals surface area contributed by atoms with Crippen LogP contribution in [-0.2, 0) is 5.41 Å². The summed E-state index contributed by atoms with van der Waals surface area (Å²) in [7, 11) is 0. The normalized spacial score (nSPS) is 15.7. The molecule has 0 bridgehead atoms. The molecular formula is C40H44N2O2Se2. The van der Waals surface area contributed by atoms with Gasteiger partial charge in [-0.05, 0) is 0 Å². The van der Waals surface area contributed by atoms with Gasteiger partial charge in [0.25, 0.3) is 0 Å². The van der Waals surface area contributed by atoms with E-state index in [4.69, 9.17) is 19.4 Å². The van der Waals surface area contributed by atoms with Crippen molar-refractivity contribution in [2.45, 2.75) is 77.0 Å². The zero-order valence-electron chi connectivity index (χ0n) is 27.0. The van der Waals surface area contributed by atoms with Crippen LogP contribution >= 0.6 is 0 Å². The molecule has 0 aliphatic heterocycles. The summed E-state index contributed by atoms with van der Waals surface area (Å²) in [5, 5.41) is 0. The maximum absolute atomic E-state index is 6.13. The molecule has 3 heterocycles. The van der Waals surface area contributed by atoms with Crippen molar-refractivity contribution in [3.05, 3.63) is 121 Å². The van der Waals surface area contributed by atoms with Crippen LogP contribution in [0.2, 0.25) is 0 Å². The molecule has 5 aromatic rings. The molecular weight excluding hydrogens is 698 g/mol. The summed E-state index contributed by atoms with van der Waals surface area (Å²) in [4.78, 5) is 15.3. The number of rotatable bonds is 16. The topological polar surface area (TPSA) is 44.2 Å². The number of allylic oxidation sites excluding steroid dienone is 1. The third-order valence-electron chi connectivity index (χ3n) is 8.80. The van der Waals surface area contributed by atoms with Crippen LogP contribution < -0.4 is 9.47 Å². The first-order chi connectivity index (χ1) is 22.7. The summed E-state index contributed by atoms with van der Waals surface area (Å²) in [5.74, 6) is 1.85. The van der Waals surface area contributed by atoms with Gasteiger partial charge in [0.2, 0.25) is 0 Å². The van der Waals surface area contributed by atoms with Crippen molar-refractivity contribution < 1.29 is 9.47 Å². The van der Waals surface area contributed by atoms with E-state index in [1.54, 1.807) is 0 Å². The first kappa shape index (κ1) is 32.8. The molecule has 0 saturated carbocycles. The third kappa shape index (κ3) is 7.37. The number of ether oxygens (including phenoxy) is 2. The molecule has 1 unspecified atom stereocenters. The average molecular weight is 743 g/mol. The number of hydrogen-bond donors (Lipinski definition) is 0. The van der Waals surface area contributed by atoms with E-state index in [0.717, 1.165) is 66.6 Å². The summed E-state index contributed by atoms with van der Waals surface area (Å²) in [6, 6.07) is 26.1. The Morgan fingerprint density at radius 2 is 1.37 bits per heavy atom. The zero-order valence-corrected chi connectivity index (χ0v) is 30.5. The van der Waals surface area contributed by atoms with Crippen molar-refractivity contribution in [1.82, 2.24) is 9.97 Å². The molecule has 1 atom stereocenters. The van der Waals surface area contributed by atoms with E-state index in [1.807, 2.05) is 6.20 Å². The second-order valence-electron chi connectivity index (χ2n) is 12.0. The zero-order chi connectivity index (χ0) is 31.6. The molecule has 0 saturated heterocycles. The van der Waals surface area contributed by atoms with E-state index >= 15 is 0 Å². The quantitative estimate of drug-likeness (QED) is 0.0747. The van der Waals surface area contributed by atoms with Gasteiger partial charge in [0.05, 0.1) is 0 Å². The van der Waals surface area contributed by atoms with E-state index in [1.165, 1.54) is 58.5 Å². The van der Waals surface area contributed by atoms with Crippen LogP contribution in [0.15, 0.2) is 94.9 Å². The Hall–Kier alpha value is -3.14. The van der Waals surface area contributed by atoms with Crippen molar-refractivity contribution in [2.24, 2.45) is 0 Å². The Balaban J connectivity index is 1.34. The van der Waals surface area contributed by atoms with Crippen LogP contribution in [0.5, 0.6) is 11.5 Å².